The smallest absolute Gasteiger partial charge is 0.0995 e. The second-order valence-electron chi connectivity index (χ2n) is 5.99. The third kappa shape index (κ3) is 6.97. The van der Waals surface area contributed by atoms with Crippen molar-refractivity contribution in [1.29, 1.82) is 0 Å². The fraction of sp³-hybridized carbons (Fsp3) is 0.130. The van der Waals surface area contributed by atoms with Crippen LogP contribution in [0.25, 0.3) is 0 Å². The van der Waals surface area contributed by atoms with E-state index < -0.39 is 0 Å². The van der Waals surface area contributed by atoms with Crippen molar-refractivity contribution in [2.24, 2.45) is 15.8 Å². The summed E-state index contributed by atoms with van der Waals surface area (Å²) in [6.07, 6.45) is 8.98. The molecule has 0 heterocycles. The van der Waals surface area contributed by atoms with Gasteiger partial charge < -0.3 is 11.2 Å². The van der Waals surface area contributed by atoms with E-state index in [1.54, 1.807) is 24.0 Å². The molecule has 0 saturated heterocycles. The number of aliphatic imine (C=N–C) groups is 1. The van der Waals surface area contributed by atoms with Crippen molar-refractivity contribution in [3.8, 4) is 0 Å². The van der Waals surface area contributed by atoms with Crippen LogP contribution < -0.4 is 11.2 Å². The fourth-order valence-corrected chi connectivity index (χ4v) is 2.77. The molecule has 0 radical (unpaired) electrons. The number of hydrogen-bond acceptors (Lipinski definition) is 5. The van der Waals surface area contributed by atoms with Crippen LogP contribution in [0.5, 0.6) is 0 Å². The Morgan fingerprint density at radius 3 is 2.59 bits per heavy atom. The SMILES string of the molecule is C=C/C=C\C(=C/N)CN/N=C(/c1ccc(Cl)cc1)c1ccccc1N=C(C)SC. The minimum absolute atomic E-state index is 0.479. The van der Waals surface area contributed by atoms with Gasteiger partial charge >= 0.3 is 0 Å². The van der Waals surface area contributed by atoms with Crippen molar-refractivity contribution in [3.05, 3.63) is 101 Å². The zero-order valence-corrected chi connectivity index (χ0v) is 18.2. The van der Waals surface area contributed by atoms with Crippen LogP contribution in [-0.2, 0) is 0 Å². The Kier molecular flexibility index (Phi) is 9.28. The molecule has 2 aromatic rings. The van der Waals surface area contributed by atoms with Crippen LogP contribution in [0, 0.1) is 0 Å². The number of hydrogen-bond donors (Lipinski definition) is 2. The van der Waals surface area contributed by atoms with Gasteiger partial charge in [-0.25, -0.2) is 4.99 Å². The van der Waals surface area contributed by atoms with E-state index in [9.17, 15) is 0 Å². The second kappa shape index (κ2) is 11.9. The van der Waals surface area contributed by atoms with E-state index in [4.69, 9.17) is 22.3 Å². The number of nitrogens with zero attached hydrogens (tertiary/aromatic N) is 2. The Balaban J connectivity index is 2.46. The quantitative estimate of drug-likeness (QED) is 0.248. The highest BCUT2D eigenvalue weighted by Gasteiger charge is 2.12. The van der Waals surface area contributed by atoms with Gasteiger partial charge in [0.15, 0.2) is 0 Å². The first-order valence-corrected chi connectivity index (χ1v) is 10.6. The van der Waals surface area contributed by atoms with Crippen molar-refractivity contribution in [1.82, 2.24) is 5.43 Å². The van der Waals surface area contributed by atoms with Gasteiger partial charge in [0, 0.05) is 16.1 Å². The molecule has 2 rings (SSSR count). The number of para-hydroxylation sites is 1. The van der Waals surface area contributed by atoms with Crippen LogP contribution in [0.1, 0.15) is 18.1 Å². The molecule has 2 aromatic carbocycles. The minimum atomic E-state index is 0.479. The van der Waals surface area contributed by atoms with Gasteiger partial charge in [0.2, 0.25) is 0 Å². The summed E-state index contributed by atoms with van der Waals surface area (Å²) in [6, 6.07) is 15.5. The van der Waals surface area contributed by atoms with E-state index in [0.29, 0.717) is 11.6 Å². The maximum Gasteiger partial charge on any atom is 0.0995 e. The zero-order chi connectivity index (χ0) is 21.1. The van der Waals surface area contributed by atoms with E-state index in [2.05, 4.69) is 17.1 Å². The number of thioether (sulfide) groups is 1. The van der Waals surface area contributed by atoms with Crippen molar-refractivity contribution >= 4 is 39.8 Å². The molecule has 0 saturated carbocycles. The summed E-state index contributed by atoms with van der Waals surface area (Å²) in [4.78, 5) is 4.73. The molecule has 0 aliphatic carbocycles. The van der Waals surface area contributed by atoms with E-state index in [1.807, 2.05) is 73.9 Å². The number of nitrogens with two attached hydrogens (primary N) is 1. The van der Waals surface area contributed by atoms with Crippen LogP contribution in [-0.4, -0.2) is 23.6 Å². The molecule has 29 heavy (non-hydrogen) atoms. The van der Waals surface area contributed by atoms with E-state index in [1.165, 1.54) is 0 Å². The van der Waals surface area contributed by atoms with Crippen molar-refractivity contribution in [2.75, 3.05) is 12.8 Å². The van der Waals surface area contributed by atoms with Gasteiger partial charge in [0.05, 0.1) is 23.0 Å². The number of hydrazone groups is 1. The molecule has 0 fully saturated rings. The van der Waals surface area contributed by atoms with Crippen LogP contribution in [0.15, 0.2) is 95.2 Å². The summed E-state index contributed by atoms with van der Waals surface area (Å²) in [7, 11) is 0. The Labute approximate surface area is 182 Å². The lowest BCUT2D eigenvalue weighted by atomic mass is 10.0. The average molecular weight is 425 g/mol. The van der Waals surface area contributed by atoms with Gasteiger partial charge in [-0.05, 0) is 43.2 Å². The number of allylic oxidation sites excluding steroid dienone is 2. The van der Waals surface area contributed by atoms with Gasteiger partial charge in [0.1, 0.15) is 0 Å². The minimum Gasteiger partial charge on any atom is -0.404 e. The first-order chi connectivity index (χ1) is 14.1. The lowest BCUT2D eigenvalue weighted by Gasteiger charge is -2.12. The van der Waals surface area contributed by atoms with Gasteiger partial charge in [-0.15, -0.1) is 11.8 Å². The molecule has 0 bridgehead atoms. The first kappa shape index (κ1) is 22.5. The van der Waals surface area contributed by atoms with Crippen LogP contribution in [0.4, 0.5) is 5.69 Å². The van der Waals surface area contributed by atoms with Gasteiger partial charge in [-0.1, -0.05) is 66.7 Å². The van der Waals surface area contributed by atoms with Crippen molar-refractivity contribution < 1.29 is 0 Å². The van der Waals surface area contributed by atoms with Gasteiger partial charge in [-0.2, -0.15) is 5.10 Å². The summed E-state index contributed by atoms with van der Waals surface area (Å²) < 4.78 is 0. The predicted molar refractivity (Wildman–Crippen MR) is 129 cm³/mol. The fourth-order valence-electron chi connectivity index (χ4n) is 2.45. The van der Waals surface area contributed by atoms with Gasteiger partial charge in [0.25, 0.3) is 0 Å². The highest BCUT2D eigenvalue weighted by Crippen LogP contribution is 2.25. The molecule has 0 aromatic heterocycles. The Morgan fingerprint density at radius 2 is 1.93 bits per heavy atom. The highest BCUT2D eigenvalue weighted by atomic mass is 35.5. The zero-order valence-electron chi connectivity index (χ0n) is 16.6. The third-order valence-electron chi connectivity index (χ3n) is 3.98. The molecule has 0 spiro atoms. The maximum absolute atomic E-state index is 6.08. The van der Waals surface area contributed by atoms with Crippen LogP contribution >= 0.6 is 23.4 Å². The summed E-state index contributed by atoms with van der Waals surface area (Å²) in [5.41, 5.74) is 13.2. The van der Waals surface area contributed by atoms with Gasteiger partial charge in [-0.3, -0.25) is 0 Å². The predicted octanol–water partition coefficient (Wildman–Crippen LogP) is 5.68. The number of benzene rings is 2. The Bertz CT molecular complexity index is 944. The molecule has 150 valence electrons. The van der Waals surface area contributed by atoms with E-state index >= 15 is 0 Å². The lowest BCUT2D eigenvalue weighted by molar-refractivity contribution is 0.807. The van der Waals surface area contributed by atoms with Crippen LogP contribution in [0.3, 0.4) is 0 Å². The molecule has 0 amide bonds. The monoisotopic (exact) mass is 424 g/mol. The summed E-state index contributed by atoms with van der Waals surface area (Å²) in [5.74, 6) is 0. The highest BCUT2D eigenvalue weighted by molar-refractivity contribution is 8.13. The largest absolute Gasteiger partial charge is 0.404 e. The third-order valence-corrected chi connectivity index (χ3v) is 4.92. The molecule has 0 aliphatic heterocycles. The lowest BCUT2D eigenvalue weighted by Crippen LogP contribution is -2.15. The number of halogens is 1. The molecule has 6 heteroatoms. The molecule has 3 N–H and O–H groups in total. The molecular formula is C23H25ClN4S. The Hall–Kier alpha value is -2.76. The van der Waals surface area contributed by atoms with E-state index in [0.717, 1.165) is 33.1 Å². The van der Waals surface area contributed by atoms with E-state index in [-0.39, 0.29) is 0 Å². The average Bonchev–Trinajstić information content (AvgIpc) is 2.75. The first-order valence-electron chi connectivity index (χ1n) is 9.04. The molecule has 0 atom stereocenters. The Morgan fingerprint density at radius 1 is 1.21 bits per heavy atom. The van der Waals surface area contributed by atoms with Crippen molar-refractivity contribution in [2.45, 2.75) is 6.92 Å². The van der Waals surface area contributed by atoms with Crippen LogP contribution in [0.2, 0.25) is 5.02 Å². The summed E-state index contributed by atoms with van der Waals surface area (Å²) >= 11 is 7.69. The number of nitrogens with one attached hydrogen (secondary N) is 1. The topological polar surface area (TPSA) is 62.8 Å². The maximum atomic E-state index is 6.08. The standard InChI is InChI=1S/C23H25ClN4S/c1-4-5-8-18(15-25)16-26-28-23(19-11-13-20(24)14-12-19)21-9-6-7-10-22(21)27-17(2)29-3/h4-15,26H,1,16,25H2,2-3H3/b8-5-,18-15+,27-17?,28-23-. The second-order valence-corrected chi connectivity index (χ2v) is 7.43. The number of rotatable bonds is 8. The molecule has 0 aliphatic rings. The molecular weight excluding hydrogens is 400 g/mol. The summed E-state index contributed by atoms with van der Waals surface area (Å²) in [5, 5.41) is 6.33. The normalized spacial score (nSPS) is 13.0. The molecule has 4 nitrogen and oxygen atoms in total. The van der Waals surface area contributed by atoms with Crippen molar-refractivity contribution in [3.63, 3.8) is 0 Å². The molecule has 0 unspecified atom stereocenters. The summed E-state index contributed by atoms with van der Waals surface area (Å²) in [6.45, 7) is 6.14.